The van der Waals surface area contributed by atoms with Crippen molar-refractivity contribution in [3.8, 4) is 0 Å². The Morgan fingerprint density at radius 1 is 1.32 bits per heavy atom. The number of piperidine rings is 1. The minimum atomic E-state index is -0.0719. The van der Waals surface area contributed by atoms with Gasteiger partial charge in [0.2, 0.25) is 0 Å². The summed E-state index contributed by atoms with van der Waals surface area (Å²) in [4.78, 5) is 14.8. The van der Waals surface area contributed by atoms with Crippen LogP contribution in [0.2, 0.25) is 0 Å². The van der Waals surface area contributed by atoms with Gasteiger partial charge in [-0.05, 0) is 41.5 Å². The first-order chi connectivity index (χ1) is 12.3. The highest BCUT2D eigenvalue weighted by Crippen LogP contribution is 2.26. The first kappa shape index (κ1) is 15.7. The average Bonchev–Trinajstić information content (AvgIpc) is 3.30. The molecule has 25 heavy (non-hydrogen) atoms. The number of carbonyl (C=O) groups is 1. The number of carbonyl (C=O) groups excluding carboxylic acids is 1. The molecule has 1 amide bonds. The molecule has 1 aliphatic heterocycles. The molecule has 0 unspecified atom stereocenters. The lowest BCUT2D eigenvalue weighted by molar-refractivity contribution is 0.0696. The van der Waals surface area contributed by atoms with Crippen molar-refractivity contribution in [2.24, 2.45) is 0 Å². The van der Waals surface area contributed by atoms with E-state index in [1.54, 1.807) is 22.9 Å². The van der Waals surface area contributed by atoms with Crippen LogP contribution >= 0.6 is 0 Å². The van der Waals surface area contributed by atoms with Gasteiger partial charge in [0.25, 0.3) is 5.91 Å². The zero-order chi connectivity index (χ0) is 17.2. The molecular formula is C16H19N7O2. The Labute approximate surface area is 143 Å². The zero-order valence-electron chi connectivity index (χ0n) is 13.7. The number of aliphatic hydroxyl groups is 1. The monoisotopic (exact) mass is 341 g/mol. The van der Waals surface area contributed by atoms with E-state index >= 15 is 0 Å². The first-order valence-electron chi connectivity index (χ1n) is 8.37. The molecule has 1 fully saturated rings. The molecule has 9 heteroatoms. The van der Waals surface area contributed by atoms with Gasteiger partial charge in [0.15, 0.2) is 5.65 Å². The van der Waals surface area contributed by atoms with E-state index < -0.39 is 0 Å². The molecule has 1 atom stereocenters. The maximum absolute atomic E-state index is 12.9. The van der Waals surface area contributed by atoms with Gasteiger partial charge in [-0.25, -0.2) is 0 Å². The lowest BCUT2D eigenvalue weighted by Gasteiger charge is -2.32. The van der Waals surface area contributed by atoms with E-state index in [1.807, 2.05) is 17.2 Å². The molecule has 130 valence electrons. The van der Waals surface area contributed by atoms with Crippen LogP contribution in [0.3, 0.4) is 0 Å². The standard InChI is InChI=1S/C16H19N7O2/c24-10-9-22-8-6-13(18-22)12-3-2-7-21(11-12)16(25)14-4-1-5-15-17-19-20-23(14)15/h1,4-6,8,12,24H,2-3,7,9-11H2/t12-/m1/s1. The molecule has 4 rings (SSSR count). The number of nitrogens with zero attached hydrogens (tertiary/aromatic N) is 7. The summed E-state index contributed by atoms with van der Waals surface area (Å²) < 4.78 is 3.21. The smallest absolute Gasteiger partial charge is 0.272 e. The van der Waals surface area contributed by atoms with Gasteiger partial charge in [-0.2, -0.15) is 9.61 Å². The molecule has 1 saturated heterocycles. The highest BCUT2D eigenvalue weighted by Gasteiger charge is 2.28. The van der Waals surface area contributed by atoms with E-state index in [2.05, 4.69) is 20.6 Å². The SMILES string of the molecule is O=C(c1cccc2nnnn12)N1CCC[C@@H](c2ccn(CCO)n2)C1. The summed E-state index contributed by atoms with van der Waals surface area (Å²) >= 11 is 0. The van der Waals surface area contributed by atoms with Crippen LogP contribution in [0.15, 0.2) is 30.5 Å². The van der Waals surface area contributed by atoms with Crippen LogP contribution < -0.4 is 0 Å². The van der Waals surface area contributed by atoms with Crippen LogP contribution in [0.1, 0.15) is 34.9 Å². The summed E-state index contributed by atoms with van der Waals surface area (Å²) in [6, 6.07) is 7.27. The summed E-state index contributed by atoms with van der Waals surface area (Å²) in [6.07, 6.45) is 3.79. The van der Waals surface area contributed by atoms with E-state index in [0.29, 0.717) is 31.0 Å². The fraction of sp³-hybridized carbons (Fsp3) is 0.438. The Bertz CT molecular complexity index is 887. The topological polar surface area (TPSA) is 101 Å². The molecule has 4 heterocycles. The molecule has 1 aliphatic rings. The molecule has 0 saturated carbocycles. The van der Waals surface area contributed by atoms with Crippen molar-refractivity contribution in [1.82, 2.24) is 34.7 Å². The second kappa shape index (κ2) is 6.60. The van der Waals surface area contributed by atoms with Crippen molar-refractivity contribution >= 4 is 11.6 Å². The highest BCUT2D eigenvalue weighted by molar-refractivity contribution is 5.93. The van der Waals surface area contributed by atoms with Crippen LogP contribution in [0, 0.1) is 0 Å². The third-order valence-electron chi connectivity index (χ3n) is 4.56. The van der Waals surface area contributed by atoms with Crippen molar-refractivity contribution in [3.05, 3.63) is 41.9 Å². The Balaban J connectivity index is 1.54. The Kier molecular flexibility index (Phi) is 4.14. The van der Waals surface area contributed by atoms with Gasteiger partial charge in [0, 0.05) is 25.2 Å². The summed E-state index contributed by atoms with van der Waals surface area (Å²) in [5.41, 5.74) is 1.99. The van der Waals surface area contributed by atoms with Gasteiger partial charge in [-0.15, -0.1) is 5.10 Å². The van der Waals surface area contributed by atoms with Crippen LogP contribution in [0.25, 0.3) is 5.65 Å². The van der Waals surface area contributed by atoms with Crippen LogP contribution in [0.5, 0.6) is 0 Å². The molecule has 3 aromatic rings. The fourth-order valence-electron chi connectivity index (χ4n) is 3.31. The molecule has 0 bridgehead atoms. The van der Waals surface area contributed by atoms with E-state index in [4.69, 9.17) is 5.11 Å². The number of rotatable bonds is 4. The number of aromatic nitrogens is 6. The predicted molar refractivity (Wildman–Crippen MR) is 88.0 cm³/mol. The summed E-state index contributed by atoms with van der Waals surface area (Å²) in [7, 11) is 0. The summed E-state index contributed by atoms with van der Waals surface area (Å²) in [5, 5.41) is 25.0. The lowest BCUT2D eigenvalue weighted by atomic mass is 9.94. The van der Waals surface area contributed by atoms with Crippen molar-refractivity contribution in [1.29, 1.82) is 0 Å². The van der Waals surface area contributed by atoms with Crippen LogP contribution in [-0.2, 0) is 6.54 Å². The lowest BCUT2D eigenvalue weighted by Crippen LogP contribution is -2.40. The normalized spacial score (nSPS) is 18.0. The maximum Gasteiger partial charge on any atom is 0.272 e. The van der Waals surface area contributed by atoms with E-state index in [0.717, 1.165) is 18.5 Å². The molecule has 0 radical (unpaired) electrons. The van der Waals surface area contributed by atoms with Gasteiger partial charge < -0.3 is 10.0 Å². The number of fused-ring (bicyclic) bond motifs is 1. The van der Waals surface area contributed by atoms with Crippen molar-refractivity contribution in [2.45, 2.75) is 25.3 Å². The number of pyridine rings is 1. The van der Waals surface area contributed by atoms with E-state index in [-0.39, 0.29) is 18.4 Å². The molecular weight excluding hydrogens is 322 g/mol. The van der Waals surface area contributed by atoms with Gasteiger partial charge in [0.05, 0.1) is 18.8 Å². The average molecular weight is 341 g/mol. The Hall–Kier alpha value is -2.81. The quantitative estimate of drug-likeness (QED) is 0.734. The molecule has 9 nitrogen and oxygen atoms in total. The highest BCUT2D eigenvalue weighted by atomic mass is 16.3. The van der Waals surface area contributed by atoms with Crippen LogP contribution in [0.4, 0.5) is 0 Å². The number of hydrogen-bond acceptors (Lipinski definition) is 6. The van der Waals surface area contributed by atoms with Gasteiger partial charge in [-0.1, -0.05) is 6.07 Å². The predicted octanol–water partition coefficient (Wildman–Crippen LogP) is 0.333. The third-order valence-corrected chi connectivity index (χ3v) is 4.56. The number of likely N-dealkylation sites (tertiary alicyclic amines) is 1. The Morgan fingerprint density at radius 2 is 2.24 bits per heavy atom. The second-order valence-electron chi connectivity index (χ2n) is 6.18. The number of aliphatic hydroxyl groups excluding tert-OH is 1. The van der Waals surface area contributed by atoms with E-state index in [9.17, 15) is 4.79 Å². The zero-order valence-corrected chi connectivity index (χ0v) is 13.7. The molecule has 3 aromatic heterocycles. The molecule has 0 spiro atoms. The molecule has 0 aromatic carbocycles. The summed E-state index contributed by atoms with van der Waals surface area (Å²) in [6.45, 7) is 1.88. The van der Waals surface area contributed by atoms with Crippen molar-refractivity contribution < 1.29 is 9.90 Å². The van der Waals surface area contributed by atoms with Gasteiger partial charge in [0.1, 0.15) is 5.69 Å². The van der Waals surface area contributed by atoms with Crippen molar-refractivity contribution in [3.63, 3.8) is 0 Å². The minimum absolute atomic E-state index is 0.0618. The minimum Gasteiger partial charge on any atom is -0.394 e. The number of tetrazole rings is 1. The maximum atomic E-state index is 12.9. The summed E-state index contributed by atoms with van der Waals surface area (Å²) in [5.74, 6) is 0.128. The van der Waals surface area contributed by atoms with E-state index in [1.165, 1.54) is 4.52 Å². The number of hydrogen-bond donors (Lipinski definition) is 1. The fourth-order valence-corrected chi connectivity index (χ4v) is 3.31. The third kappa shape index (κ3) is 2.98. The largest absolute Gasteiger partial charge is 0.394 e. The van der Waals surface area contributed by atoms with Crippen LogP contribution in [-0.4, -0.2) is 65.4 Å². The second-order valence-corrected chi connectivity index (χ2v) is 6.18. The van der Waals surface area contributed by atoms with Gasteiger partial charge >= 0.3 is 0 Å². The van der Waals surface area contributed by atoms with Crippen molar-refractivity contribution in [2.75, 3.05) is 19.7 Å². The van der Waals surface area contributed by atoms with Gasteiger partial charge in [-0.3, -0.25) is 9.48 Å². The first-order valence-corrected chi connectivity index (χ1v) is 8.37. The molecule has 0 aliphatic carbocycles. The number of amides is 1. The molecule has 1 N–H and O–H groups in total. The Morgan fingerprint density at radius 3 is 3.12 bits per heavy atom.